The van der Waals surface area contributed by atoms with Gasteiger partial charge in [0.2, 0.25) is 5.91 Å². The number of rotatable bonds is 9. The van der Waals surface area contributed by atoms with Crippen LogP contribution in [0.25, 0.3) is 0 Å². The zero-order valence-electron chi connectivity index (χ0n) is 18.8. The molecule has 5 N–H and O–H groups in total. The van der Waals surface area contributed by atoms with Gasteiger partial charge in [-0.3, -0.25) is 14.4 Å². The second kappa shape index (κ2) is 11.0. The maximum atomic E-state index is 12.5. The predicted octanol–water partition coefficient (Wildman–Crippen LogP) is 2.36. The van der Waals surface area contributed by atoms with Crippen molar-refractivity contribution in [3.63, 3.8) is 0 Å². The number of anilines is 1. The number of benzene rings is 1. The summed E-state index contributed by atoms with van der Waals surface area (Å²) in [5.74, 6) is 4.09. The number of nitrogens with one attached hydrogen (secondary N) is 3. The number of ether oxygens (including phenoxy) is 1. The highest BCUT2D eigenvalue weighted by molar-refractivity contribution is 8.03. The summed E-state index contributed by atoms with van der Waals surface area (Å²) >= 11 is 1.56. The standard InChI is InChI=1S/C22H31N5O4S/c1-21(2,3)31-19(29)9-8-17-22(4,10-11-32-17)27-18(28)13-24-20(30)15-6-5-7-16(12-15)25-14-26-23/h5-7,10-12,14,17H,8-9,13,23H2,1-4H3,(H,24,30)(H,25,26)(H,27,28). The third kappa shape index (κ3) is 7.92. The fraction of sp³-hybridized carbons (Fsp3) is 0.455. The van der Waals surface area contributed by atoms with Crippen LogP contribution in [0.5, 0.6) is 0 Å². The molecule has 2 rings (SSSR count). The van der Waals surface area contributed by atoms with Gasteiger partial charge >= 0.3 is 5.97 Å². The maximum absolute atomic E-state index is 12.5. The van der Waals surface area contributed by atoms with Crippen LogP contribution in [-0.4, -0.2) is 47.1 Å². The Morgan fingerprint density at radius 2 is 2.06 bits per heavy atom. The maximum Gasteiger partial charge on any atom is 0.306 e. The molecule has 0 saturated heterocycles. The highest BCUT2D eigenvalue weighted by Crippen LogP contribution is 2.36. The zero-order chi connectivity index (χ0) is 23.8. The van der Waals surface area contributed by atoms with Crippen LogP contribution in [0.3, 0.4) is 0 Å². The minimum absolute atomic E-state index is 0.0124. The Labute approximate surface area is 192 Å². The highest BCUT2D eigenvalue weighted by atomic mass is 32.2. The van der Waals surface area contributed by atoms with E-state index in [1.807, 2.05) is 39.2 Å². The molecular formula is C22H31N5O4S. The Hall–Kier alpha value is -3.01. The molecule has 0 fully saturated rings. The van der Waals surface area contributed by atoms with Gasteiger partial charge in [-0.05, 0) is 57.7 Å². The predicted molar refractivity (Wildman–Crippen MR) is 127 cm³/mol. The van der Waals surface area contributed by atoms with Gasteiger partial charge in [-0.2, -0.15) is 5.10 Å². The normalized spacial score (nSPS) is 20.2. The molecule has 2 amide bonds. The van der Waals surface area contributed by atoms with Gasteiger partial charge in [0.1, 0.15) is 11.9 Å². The minimum Gasteiger partial charge on any atom is -0.460 e. The lowest BCUT2D eigenvalue weighted by Crippen LogP contribution is -2.52. The first kappa shape index (κ1) is 25.3. The van der Waals surface area contributed by atoms with Crippen LogP contribution in [0, 0.1) is 0 Å². The topological polar surface area (TPSA) is 135 Å². The summed E-state index contributed by atoms with van der Waals surface area (Å²) in [6, 6.07) is 6.73. The average Bonchev–Trinajstić information content (AvgIpc) is 3.07. The smallest absolute Gasteiger partial charge is 0.306 e. The second-order valence-corrected chi connectivity index (χ2v) is 9.68. The van der Waals surface area contributed by atoms with Crippen molar-refractivity contribution in [2.45, 2.75) is 56.9 Å². The van der Waals surface area contributed by atoms with Gasteiger partial charge in [0, 0.05) is 22.9 Å². The summed E-state index contributed by atoms with van der Waals surface area (Å²) in [6.07, 6.45) is 4.03. The van der Waals surface area contributed by atoms with E-state index in [1.54, 1.807) is 36.0 Å². The van der Waals surface area contributed by atoms with Gasteiger partial charge in [0.05, 0.1) is 12.1 Å². The molecule has 9 nitrogen and oxygen atoms in total. The Balaban J connectivity index is 1.86. The van der Waals surface area contributed by atoms with Crippen molar-refractivity contribution in [3.8, 4) is 0 Å². The van der Waals surface area contributed by atoms with Crippen molar-refractivity contribution in [1.29, 1.82) is 0 Å². The third-order valence-electron chi connectivity index (χ3n) is 4.61. The van der Waals surface area contributed by atoms with Crippen LogP contribution in [0.4, 0.5) is 5.69 Å². The minimum atomic E-state index is -0.625. The highest BCUT2D eigenvalue weighted by Gasteiger charge is 2.37. The molecule has 0 spiro atoms. The summed E-state index contributed by atoms with van der Waals surface area (Å²) in [7, 11) is 0. The van der Waals surface area contributed by atoms with Crippen molar-refractivity contribution < 1.29 is 19.1 Å². The fourth-order valence-electron chi connectivity index (χ4n) is 3.12. The monoisotopic (exact) mass is 461 g/mol. The molecule has 0 aromatic heterocycles. The van der Waals surface area contributed by atoms with Gasteiger partial charge in [-0.1, -0.05) is 12.1 Å². The molecule has 1 heterocycles. The Morgan fingerprint density at radius 3 is 2.75 bits per heavy atom. The van der Waals surface area contributed by atoms with Crippen LogP contribution in [-0.2, 0) is 14.3 Å². The molecule has 0 bridgehead atoms. The molecule has 1 aliphatic rings. The summed E-state index contributed by atoms with van der Waals surface area (Å²) in [6.45, 7) is 7.22. The Morgan fingerprint density at radius 1 is 1.31 bits per heavy atom. The fourth-order valence-corrected chi connectivity index (χ4v) is 4.35. The molecule has 2 atom stereocenters. The molecule has 2 unspecified atom stereocenters. The molecule has 32 heavy (non-hydrogen) atoms. The largest absolute Gasteiger partial charge is 0.460 e. The quantitative estimate of drug-likeness (QED) is 0.146. The molecule has 0 saturated carbocycles. The van der Waals surface area contributed by atoms with E-state index in [2.05, 4.69) is 21.1 Å². The molecule has 0 aliphatic carbocycles. The average molecular weight is 462 g/mol. The van der Waals surface area contributed by atoms with Crippen LogP contribution in [0.2, 0.25) is 0 Å². The number of carbonyl (C=O) groups is 3. The van der Waals surface area contributed by atoms with E-state index in [4.69, 9.17) is 10.6 Å². The summed E-state index contributed by atoms with van der Waals surface area (Å²) in [5, 5.41) is 13.7. The van der Waals surface area contributed by atoms with Crippen LogP contribution in [0.1, 0.15) is 50.9 Å². The van der Waals surface area contributed by atoms with Crippen molar-refractivity contribution in [1.82, 2.24) is 10.6 Å². The van der Waals surface area contributed by atoms with Crippen LogP contribution < -0.4 is 21.8 Å². The van der Waals surface area contributed by atoms with E-state index in [0.717, 1.165) is 0 Å². The molecule has 1 aliphatic heterocycles. The van der Waals surface area contributed by atoms with Gasteiger partial charge in [0.15, 0.2) is 0 Å². The lowest BCUT2D eigenvalue weighted by Gasteiger charge is -2.31. The van der Waals surface area contributed by atoms with Crippen molar-refractivity contribution >= 4 is 41.6 Å². The number of nitrogens with zero attached hydrogens (tertiary/aromatic N) is 1. The molecule has 1 aromatic rings. The SMILES string of the molecule is CC(C)(C)OC(=O)CCC1SC=CC1(C)NC(=O)CNC(=O)c1cccc(NC=NN)c1. The first-order chi connectivity index (χ1) is 15.0. The van der Waals surface area contributed by atoms with Crippen molar-refractivity contribution in [2.75, 3.05) is 11.9 Å². The van der Waals surface area contributed by atoms with E-state index >= 15 is 0 Å². The number of nitrogens with two attached hydrogens (primary N) is 1. The van der Waals surface area contributed by atoms with Crippen LogP contribution in [0.15, 0.2) is 40.9 Å². The van der Waals surface area contributed by atoms with Crippen molar-refractivity contribution in [3.05, 3.63) is 41.3 Å². The third-order valence-corrected chi connectivity index (χ3v) is 5.95. The number of amides is 2. The lowest BCUT2D eigenvalue weighted by atomic mass is 9.94. The lowest BCUT2D eigenvalue weighted by molar-refractivity contribution is -0.154. The molecular weight excluding hydrogens is 430 g/mol. The first-order valence-corrected chi connectivity index (χ1v) is 11.2. The Kier molecular flexibility index (Phi) is 8.71. The van der Waals surface area contributed by atoms with E-state index in [-0.39, 0.29) is 36.0 Å². The number of hydrazone groups is 1. The summed E-state index contributed by atoms with van der Waals surface area (Å²) in [4.78, 5) is 37.0. The van der Waals surface area contributed by atoms with E-state index in [1.165, 1.54) is 6.34 Å². The molecule has 10 heteroatoms. The second-order valence-electron chi connectivity index (χ2n) is 8.57. The number of hydrogen-bond donors (Lipinski definition) is 4. The van der Waals surface area contributed by atoms with Crippen LogP contribution >= 0.6 is 11.8 Å². The first-order valence-electron chi connectivity index (χ1n) is 10.2. The number of hydrogen-bond acceptors (Lipinski definition) is 7. The van der Waals surface area contributed by atoms with Gasteiger partial charge < -0.3 is 26.5 Å². The van der Waals surface area contributed by atoms with Gasteiger partial charge in [-0.15, -0.1) is 11.8 Å². The van der Waals surface area contributed by atoms with E-state index < -0.39 is 11.1 Å². The van der Waals surface area contributed by atoms with Gasteiger partial charge in [-0.25, -0.2) is 0 Å². The Bertz CT molecular complexity index is 897. The molecule has 1 aromatic carbocycles. The van der Waals surface area contributed by atoms with Gasteiger partial charge in [0.25, 0.3) is 5.91 Å². The zero-order valence-corrected chi connectivity index (χ0v) is 19.6. The number of carbonyl (C=O) groups excluding carboxylic acids is 3. The van der Waals surface area contributed by atoms with E-state index in [0.29, 0.717) is 17.7 Å². The van der Waals surface area contributed by atoms with E-state index in [9.17, 15) is 14.4 Å². The summed E-state index contributed by atoms with van der Waals surface area (Å²) in [5.41, 5.74) is -0.114. The van der Waals surface area contributed by atoms with Crippen molar-refractivity contribution in [2.24, 2.45) is 10.9 Å². The summed E-state index contributed by atoms with van der Waals surface area (Å²) < 4.78 is 5.36. The number of esters is 1. The molecule has 174 valence electrons. The molecule has 0 radical (unpaired) electrons. The number of thioether (sulfide) groups is 1.